The number of halogens is 1. The number of rotatable bonds is 8. The minimum atomic E-state index is -0.270. The first-order valence-corrected chi connectivity index (χ1v) is 6.84. The molecule has 2 nitrogen and oxygen atoms in total. The second-order valence-electron chi connectivity index (χ2n) is 4.52. The molecule has 0 spiro atoms. The lowest BCUT2D eigenvalue weighted by atomic mass is 10.1. The Morgan fingerprint density at radius 3 is 2.67 bits per heavy atom. The van der Waals surface area contributed by atoms with Gasteiger partial charge in [-0.15, -0.1) is 0 Å². The number of nitrogens with one attached hydrogen (secondary N) is 1. The number of hydrogen-bond donors (Lipinski definition) is 1. The fourth-order valence-electron chi connectivity index (χ4n) is 1.86. The molecule has 1 N–H and O–H groups in total. The average molecular weight is 253 g/mol. The normalized spacial score (nSPS) is 12.4. The van der Waals surface area contributed by atoms with Crippen molar-refractivity contribution in [3.63, 3.8) is 0 Å². The molecule has 18 heavy (non-hydrogen) atoms. The van der Waals surface area contributed by atoms with Crippen LogP contribution in [-0.4, -0.2) is 13.2 Å². The number of hydrogen-bond acceptors (Lipinski definition) is 2. The van der Waals surface area contributed by atoms with E-state index >= 15 is 0 Å². The molecule has 1 atom stereocenters. The minimum Gasteiger partial charge on any atom is -0.491 e. The number of unbranched alkanes of at least 4 members (excludes halogenated alkanes) is 2. The molecule has 0 aliphatic heterocycles. The first-order valence-electron chi connectivity index (χ1n) is 6.84. The van der Waals surface area contributed by atoms with E-state index < -0.39 is 0 Å². The maximum Gasteiger partial charge on any atom is 0.165 e. The maximum atomic E-state index is 13.8. The van der Waals surface area contributed by atoms with Crippen molar-refractivity contribution in [3.8, 4) is 5.75 Å². The third-order valence-corrected chi connectivity index (χ3v) is 2.97. The van der Waals surface area contributed by atoms with Gasteiger partial charge in [0.1, 0.15) is 0 Å². The Morgan fingerprint density at radius 1 is 1.28 bits per heavy atom. The van der Waals surface area contributed by atoms with Crippen molar-refractivity contribution < 1.29 is 9.13 Å². The van der Waals surface area contributed by atoms with Gasteiger partial charge in [0.25, 0.3) is 0 Å². The molecule has 0 radical (unpaired) electrons. The summed E-state index contributed by atoms with van der Waals surface area (Å²) in [6, 6.07) is 5.37. The zero-order valence-electron chi connectivity index (χ0n) is 11.6. The lowest BCUT2D eigenvalue weighted by Crippen LogP contribution is -2.17. The molecule has 0 aliphatic carbocycles. The SMILES string of the molecule is CCCCCOc1ccc(C(C)NCC)cc1F. The van der Waals surface area contributed by atoms with Crippen molar-refractivity contribution >= 4 is 0 Å². The van der Waals surface area contributed by atoms with E-state index in [2.05, 4.69) is 12.2 Å². The molecule has 0 saturated carbocycles. The van der Waals surface area contributed by atoms with Crippen molar-refractivity contribution in [3.05, 3.63) is 29.6 Å². The molecular formula is C15H24FNO. The molecule has 0 bridgehead atoms. The van der Waals surface area contributed by atoms with Crippen LogP contribution in [0, 0.1) is 5.82 Å². The van der Waals surface area contributed by atoms with Crippen LogP contribution in [0.1, 0.15) is 51.6 Å². The van der Waals surface area contributed by atoms with Crippen LogP contribution in [0.5, 0.6) is 5.75 Å². The van der Waals surface area contributed by atoms with Crippen molar-refractivity contribution in [2.24, 2.45) is 0 Å². The van der Waals surface area contributed by atoms with Gasteiger partial charge in [-0.3, -0.25) is 0 Å². The van der Waals surface area contributed by atoms with Crippen LogP contribution in [0.15, 0.2) is 18.2 Å². The molecule has 0 heterocycles. The Morgan fingerprint density at radius 2 is 2.06 bits per heavy atom. The largest absolute Gasteiger partial charge is 0.491 e. The fraction of sp³-hybridized carbons (Fsp3) is 0.600. The summed E-state index contributed by atoms with van der Waals surface area (Å²) >= 11 is 0. The van der Waals surface area contributed by atoms with E-state index in [0.29, 0.717) is 12.4 Å². The van der Waals surface area contributed by atoms with Gasteiger partial charge in [-0.05, 0) is 37.6 Å². The Balaban J connectivity index is 2.56. The summed E-state index contributed by atoms with van der Waals surface area (Å²) in [5.41, 5.74) is 0.954. The Hall–Kier alpha value is -1.09. The Kier molecular flexibility index (Phi) is 6.73. The van der Waals surface area contributed by atoms with Crippen LogP contribution in [0.3, 0.4) is 0 Å². The first kappa shape index (κ1) is 15.0. The van der Waals surface area contributed by atoms with Gasteiger partial charge in [0.15, 0.2) is 11.6 Å². The van der Waals surface area contributed by atoms with Crippen LogP contribution in [0.2, 0.25) is 0 Å². The maximum absolute atomic E-state index is 13.8. The zero-order valence-corrected chi connectivity index (χ0v) is 11.6. The summed E-state index contributed by atoms with van der Waals surface area (Å²) in [7, 11) is 0. The van der Waals surface area contributed by atoms with Crippen molar-refractivity contribution in [2.75, 3.05) is 13.2 Å². The molecule has 102 valence electrons. The Bertz CT molecular complexity index is 354. The van der Waals surface area contributed by atoms with Gasteiger partial charge in [-0.1, -0.05) is 32.8 Å². The van der Waals surface area contributed by atoms with E-state index in [1.807, 2.05) is 19.9 Å². The monoisotopic (exact) mass is 253 g/mol. The van der Waals surface area contributed by atoms with Gasteiger partial charge in [0.2, 0.25) is 0 Å². The van der Waals surface area contributed by atoms with Crippen molar-refractivity contribution in [1.82, 2.24) is 5.32 Å². The summed E-state index contributed by atoms with van der Waals surface area (Å²) in [6.45, 7) is 7.67. The van der Waals surface area contributed by atoms with Crippen LogP contribution >= 0.6 is 0 Å². The highest BCUT2D eigenvalue weighted by molar-refractivity contribution is 5.30. The van der Waals surface area contributed by atoms with Crippen LogP contribution < -0.4 is 10.1 Å². The zero-order chi connectivity index (χ0) is 13.4. The molecule has 0 aromatic heterocycles. The number of ether oxygens (including phenoxy) is 1. The highest BCUT2D eigenvalue weighted by atomic mass is 19.1. The van der Waals surface area contributed by atoms with Crippen LogP contribution in [0.25, 0.3) is 0 Å². The van der Waals surface area contributed by atoms with Gasteiger partial charge in [0.05, 0.1) is 6.61 Å². The van der Waals surface area contributed by atoms with Crippen LogP contribution in [-0.2, 0) is 0 Å². The third kappa shape index (κ3) is 4.65. The second-order valence-corrected chi connectivity index (χ2v) is 4.52. The van der Waals surface area contributed by atoms with E-state index in [1.165, 1.54) is 0 Å². The predicted molar refractivity (Wildman–Crippen MR) is 73.5 cm³/mol. The quantitative estimate of drug-likeness (QED) is 0.705. The molecule has 1 aromatic carbocycles. The van der Waals surface area contributed by atoms with Crippen LogP contribution in [0.4, 0.5) is 4.39 Å². The molecule has 1 aromatic rings. The average Bonchev–Trinajstić information content (AvgIpc) is 2.36. The summed E-state index contributed by atoms with van der Waals surface area (Å²) in [5, 5.41) is 3.26. The van der Waals surface area contributed by atoms with E-state index in [9.17, 15) is 4.39 Å². The molecule has 0 aliphatic rings. The van der Waals surface area contributed by atoms with E-state index in [4.69, 9.17) is 4.74 Å². The van der Waals surface area contributed by atoms with E-state index in [-0.39, 0.29) is 11.9 Å². The minimum absolute atomic E-state index is 0.165. The van der Waals surface area contributed by atoms with Gasteiger partial charge < -0.3 is 10.1 Å². The van der Waals surface area contributed by atoms with Crippen molar-refractivity contribution in [1.29, 1.82) is 0 Å². The molecule has 0 amide bonds. The van der Waals surface area contributed by atoms with E-state index in [1.54, 1.807) is 12.1 Å². The van der Waals surface area contributed by atoms with Gasteiger partial charge in [-0.25, -0.2) is 4.39 Å². The van der Waals surface area contributed by atoms with Gasteiger partial charge >= 0.3 is 0 Å². The highest BCUT2D eigenvalue weighted by Gasteiger charge is 2.09. The predicted octanol–water partition coefficient (Wildman–Crippen LogP) is 4.07. The summed E-state index contributed by atoms with van der Waals surface area (Å²) < 4.78 is 19.2. The lowest BCUT2D eigenvalue weighted by molar-refractivity contribution is 0.291. The molecule has 1 unspecified atom stereocenters. The van der Waals surface area contributed by atoms with Gasteiger partial charge in [-0.2, -0.15) is 0 Å². The Labute approximate surface area is 110 Å². The van der Waals surface area contributed by atoms with E-state index in [0.717, 1.165) is 31.4 Å². The molecule has 0 saturated heterocycles. The summed E-state index contributed by atoms with van der Waals surface area (Å²) in [6.07, 6.45) is 3.24. The smallest absolute Gasteiger partial charge is 0.165 e. The summed E-state index contributed by atoms with van der Waals surface area (Å²) in [5.74, 6) is 0.0901. The second kappa shape index (κ2) is 8.09. The van der Waals surface area contributed by atoms with Crippen molar-refractivity contribution in [2.45, 2.75) is 46.1 Å². The highest BCUT2D eigenvalue weighted by Crippen LogP contribution is 2.22. The van der Waals surface area contributed by atoms with Gasteiger partial charge in [0, 0.05) is 6.04 Å². The standard InChI is InChI=1S/C15H24FNO/c1-4-6-7-10-18-15-9-8-13(11-14(15)16)12(3)17-5-2/h8-9,11-12,17H,4-7,10H2,1-3H3. The fourth-order valence-corrected chi connectivity index (χ4v) is 1.86. The first-order chi connectivity index (χ1) is 8.69. The summed E-state index contributed by atoms with van der Waals surface area (Å²) in [4.78, 5) is 0. The topological polar surface area (TPSA) is 21.3 Å². The molecular weight excluding hydrogens is 229 g/mol. The molecule has 0 fully saturated rings. The third-order valence-electron chi connectivity index (χ3n) is 2.97. The number of benzene rings is 1. The lowest BCUT2D eigenvalue weighted by Gasteiger charge is -2.14. The molecule has 3 heteroatoms. The molecule has 1 rings (SSSR count).